The second kappa shape index (κ2) is 7.74. The molecule has 2 unspecified atom stereocenters. The minimum absolute atomic E-state index is 0.124. The number of carbonyl (C=O) groups is 1. The second-order valence-electron chi connectivity index (χ2n) is 5.43. The summed E-state index contributed by atoms with van der Waals surface area (Å²) in [6.07, 6.45) is 3.26. The van der Waals surface area contributed by atoms with E-state index in [4.69, 9.17) is 5.73 Å². The van der Waals surface area contributed by atoms with Gasteiger partial charge in [-0.2, -0.15) is 0 Å². The van der Waals surface area contributed by atoms with Gasteiger partial charge >= 0.3 is 0 Å². The third-order valence-corrected chi connectivity index (χ3v) is 3.98. The minimum atomic E-state index is 0.124. The van der Waals surface area contributed by atoms with Gasteiger partial charge in [0.15, 0.2) is 0 Å². The average molecular weight is 255 g/mol. The number of hydrogen-bond acceptors (Lipinski definition) is 3. The molecule has 0 bridgehead atoms. The first-order chi connectivity index (χ1) is 8.62. The normalized spacial score (nSPS) is 18.4. The molecule has 4 nitrogen and oxygen atoms in total. The van der Waals surface area contributed by atoms with E-state index in [-0.39, 0.29) is 11.9 Å². The Morgan fingerprint density at radius 1 is 1.39 bits per heavy atom. The van der Waals surface area contributed by atoms with Crippen LogP contribution in [0.15, 0.2) is 0 Å². The lowest BCUT2D eigenvalue weighted by atomic mass is 10.1. The lowest BCUT2D eigenvalue weighted by Gasteiger charge is -2.24. The predicted molar refractivity (Wildman–Crippen MR) is 75.3 cm³/mol. The number of hydrogen-bond donors (Lipinski definition) is 2. The lowest BCUT2D eigenvalue weighted by molar-refractivity contribution is -0.131. The molecule has 2 atom stereocenters. The highest BCUT2D eigenvalue weighted by Gasteiger charge is 2.28. The molecule has 0 aliphatic heterocycles. The van der Waals surface area contributed by atoms with Crippen LogP contribution in [0.3, 0.4) is 0 Å². The summed E-state index contributed by atoms with van der Waals surface area (Å²) in [7, 11) is 0. The Kier molecular flexibility index (Phi) is 6.65. The molecule has 0 aromatic rings. The summed E-state index contributed by atoms with van der Waals surface area (Å²) in [5.41, 5.74) is 5.75. The molecule has 0 radical (unpaired) electrons. The summed E-state index contributed by atoms with van der Waals surface area (Å²) in [6, 6.07) is 0.124. The van der Waals surface area contributed by atoms with Gasteiger partial charge in [0.25, 0.3) is 0 Å². The molecule has 18 heavy (non-hydrogen) atoms. The molecule has 3 N–H and O–H groups in total. The van der Waals surface area contributed by atoms with Crippen LogP contribution in [0.25, 0.3) is 0 Å². The van der Waals surface area contributed by atoms with Crippen molar-refractivity contribution in [2.75, 3.05) is 26.2 Å². The van der Waals surface area contributed by atoms with Crippen molar-refractivity contribution >= 4 is 5.91 Å². The molecular formula is C14H29N3O. The molecule has 1 amide bonds. The van der Waals surface area contributed by atoms with E-state index in [2.05, 4.69) is 12.2 Å². The number of carbonyl (C=O) groups excluding carboxylic acids is 1. The van der Waals surface area contributed by atoms with Gasteiger partial charge in [0.2, 0.25) is 5.91 Å². The third kappa shape index (κ3) is 4.94. The molecule has 106 valence electrons. The van der Waals surface area contributed by atoms with Gasteiger partial charge in [0.05, 0.1) is 0 Å². The van der Waals surface area contributed by atoms with Gasteiger partial charge in [-0.15, -0.1) is 0 Å². The Bertz CT molecular complexity index is 249. The Morgan fingerprint density at radius 3 is 2.44 bits per heavy atom. The summed E-state index contributed by atoms with van der Waals surface area (Å²) in [5, 5.41) is 3.45. The van der Waals surface area contributed by atoms with Crippen molar-refractivity contribution in [3.05, 3.63) is 0 Å². The van der Waals surface area contributed by atoms with E-state index < -0.39 is 0 Å². The molecule has 1 rings (SSSR count). The molecule has 0 aromatic heterocycles. The van der Waals surface area contributed by atoms with Crippen molar-refractivity contribution in [2.45, 2.75) is 46.1 Å². The van der Waals surface area contributed by atoms with Crippen molar-refractivity contribution in [2.24, 2.45) is 17.6 Å². The quantitative estimate of drug-likeness (QED) is 0.651. The van der Waals surface area contributed by atoms with Crippen LogP contribution in [0.4, 0.5) is 0 Å². The fraction of sp³-hybridized carbons (Fsp3) is 0.929. The molecule has 1 aliphatic carbocycles. The standard InChI is InChI=1S/C14H29N3O/c1-4-17(5-2)14(18)8-13(9-15)16-10-11(3)12-6-7-12/h11-13,16H,4-10,15H2,1-3H3. The smallest absolute Gasteiger partial charge is 0.224 e. The first-order valence-electron chi connectivity index (χ1n) is 7.33. The van der Waals surface area contributed by atoms with E-state index in [0.29, 0.717) is 18.9 Å². The van der Waals surface area contributed by atoms with Gasteiger partial charge in [0.1, 0.15) is 0 Å². The van der Waals surface area contributed by atoms with Crippen molar-refractivity contribution in [1.29, 1.82) is 0 Å². The fourth-order valence-electron chi connectivity index (χ4n) is 2.34. The van der Waals surface area contributed by atoms with Crippen LogP contribution in [-0.2, 0) is 4.79 Å². The highest BCUT2D eigenvalue weighted by atomic mass is 16.2. The summed E-state index contributed by atoms with van der Waals surface area (Å²) < 4.78 is 0. The minimum Gasteiger partial charge on any atom is -0.343 e. The first kappa shape index (κ1) is 15.4. The van der Waals surface area contributed by atoms with Crippen LogP contribution < -0.4 is 11.1 Å². The number of nitrogens with two attached hydrogens (primary N) is 1. The largest absolute Gasteiger partial charge is 0.343 e. The maximum Gasteiger partial charge on any atom is 0.224 e. The van der Waals surface area contributed by atoms with Gasteiger partial charge in [-0.25, -0.2) is 0 Å². The number of rotatable bonds is 9. The van der Waals surface area contributed by atoms with Crippen LogP contribution in [0.5, 0.6) is 0 Å². The van der Waals surface area contributed by atoms with E-state index in [9.17, 15) is 4.79 Å². The maximum atomic E-state index is 12.0. The Balaban J connectivity index is 2.28. The highest BCUT2D eigenvalue weighted by Crippen LogP contribution is 2.36. The van der Waals surface area contributed by atoms with Crippen LogP contribution in [0.1, 0.15) is 40.0 Å². The van der Waals surface area contributed by atoms with Crippen LogP contribution in [-0.4, -0.2) is 43.0 Å². The van der Waals surface area contributed by atoms with E-state index in [1.165, 1.54) is 12.8 Å². The van der Waals surface area contributed by atoms with E-state index in [1.54, 1.807) is 0 Å². The monoisotopic (exact) mass is 255 g/mol. The zero-order chi connectivity index (χ0) is 13.5. The zero-order valence-corrected chi connectivity index (χ0v) is 12.1. The average Bonchev–Trinajstić information content (AvgIpc) is 3.19. The summed E-state index contributed by atoms with van der Waals surface area (Å²) in [5.74, 6) is 1.82. The number of amides is 1. The lowest BCUT2D eigenvalue weighted by Crippen LogP contribution is -2.43. The molecular weight excluding hydrogens is 226 g/mol. The molecule has 1 saturated carbocycles. The van der Waals surface area contributed by atoms with E-state index in [1.807, 2.05) is 18.7 Å². The maximum absolute atomic E-state index is 12.0. The van der Waals surface area contributed by atoms with Crippen LogP contribution in [0, 0.1) is 11.8 Å². The molecule has 0 heterocycles. The van der Waals surface area contributed by atoms with Gasteiger partial charge in [0, 0.05) is 32.1 Å². The third-order valence-electron chi connectivity index (χ3n) is 3.98. The number of nitrogens with zero attached hydrogens (tertiary/aromatic N) is 1. The van der Waals surface area contributed by atoms with Crippen molar-refractivity contribution < 1.29 is 4.79 Å². The predicted octanol–water partition coefficient (Wildman–Crippen LogP) is 1.21. The fourth-order valence-corrected chi connectivity index (χ4v) is 2.34. The Morgan fingerprint density at radius 2 is 2.00 bits per heavy atom. The highest BCUT2D eigenvalue weighted by molar-refractivity contribution is 5.76. The second-order valence-corrected chi connectivity index (χ2v) is 5.43. The molecule has 1 aliphatic rings. The SMILES string of the molecule is CCN(CC)C(=O)CC(CN)NCC(C)C1CC1. The molecule has 4 heteroatoms. The summed E-state index contributed by atoms with van der Waals surface area (Å²) in [4.78, 5) is 13.9. The zero-order valence-electron chi connectivity index (χ0n) is 12.1. The number of nitrogens with one attached hydrogen (secondary N) is 1. The van der Waals surface area contributed by atoms with E-state index >= 15 is 0 Å². The van der Waals surface area contributed by atoms with Crippen LogP contribution >= 0.6 is 0 Å². The summed E-state index contributed by atoms with van der Waals surface area (Å²) >= 11 is 0. The van der Waals surface area contributed by atoms with Crippen LogP contribution in [0.2, 0.25) is 0 Å². The Labute approximate surface area is 111 Å². The topological polar surface area (TPSA) is 58.4 Å². The van der Waals surface area contributed by atoms with Gasteiger partial charge in [-0.1, -0.05) is 6.92 Å². The molecule has 0 spiro atoms. The Hall–Kier alpha value is -0.610. The van der Waals surface area contributed by atoms with Crippen molar-refractivity contribution in [3.8, 4) is 0 Å². The van der Waals surface area contributed by atoms with Crippen molar-refractivity contribution in [1.82, 2.24) is 10.2 Å². The van der Waals surface area contributed by atoms with Gasteiger partial charge in [-0.05, 0) is 45.1 Å². The van der Waals surface area contributed by atoms with Gasteiger partial charge < -0.3 is 16.0 Å². The molecule has 0 saturated heterocycles. The van der Waals surface area contributed by atoms with E-state index in [0.717, 1.165) is 25.6 Å². The summed E-state index contributed by atoms with van der Waals surface area (Å²) in [6.45, 7) is 9.39. The first-order valence-corrected chi connectivity index (χ1v) is 7.33. The van der Waals surface area contributed by atoms with Gasteiger partial charge in [-0.3, -0.25) is 4.79 Å². The molecule has 1 fully saturated rings. The molecule has 0 aromatic carbocycles. The van der Waals surface area contributed by atoms with Crippen molar-refractivity contribution in [3.63, 3.8) is 0 Å².